The van der Waals surface area contributed by atoms with E-state index in [4.69, 9.17) is 8.83 Å². The van der Waals surface area contributed by atoms with E-state index in [2.05, 4.69) is 30.7 Å². The minimum absolute atomic E-state index is 0.0252. The molecular formula is C21H18BrN3O3S. The summed E-state index contributed by atoms with van der Waals surface area (Å²) in [6.07, 6.45) is 1.65. The SMILES string of the molecule is Cc1cc(C(=O)CSc2nnc(-c3ccc(Br)cc3)o2)c(C)n1Cc1ccco1. The molecule has 29 heavy (non-hydrogen) atoms. The molecule has 0 saturated heterocycles. The highest BCUT2D eigenvalue weighted by molar-refractivity contribution is 9.10. The highest BCUT2D eigenvalue weighted by atomic mass is 79.9. The summed E-state index contributed by atoms with van der Waals surface area (Å²) >= 11 is 4.64. The minimum atomic E-state index is 0.0252. The number of benzene rings is 1. The number of hydrogen-bond donors (Lipinski definition) is 0. The van der Waals surface area contributed by atoms with E-state index in [1.54, 1.807) is 6.26 Å². The zero-order chi connectivity index (χ0) is 20.4. The fourth-order valence-electron chi connectivity index (χ4n) is 3.07. The van der Waals surface area contributed by atoms with Gasteiger partial charge in [-0.3, -0.25) is 4.79 Å². The van der Waals surface area contributed by atoms with Crippen LogP contribution in [0.3, 0.4) is 0 Å². The second-order valence-corrected chi connectivity index (χ2v) is 8.38. The van der Waals surface area contributed by atoms with Gasteiger partial charge in [0.15, 0.2) is 5.78 Å². The first-order valence-corrected chi connectivity index (χ1v) is 10.7. The molecule has 0 aliphatic rings. The van der Waals surface area contributed by atoms with Crippen LogP contribution in [0.25, 0.3) is 11.5 Å². The Morgan fingerprint density at radius 2 is 1.97 bits per heavy atom. The van der Waals surface area contributed by atoms with Crippen molar-refractivity contribution in [2.24, 2.45) is 0 Å². The highest BCUT2D eigenvalue weighted by Crippen LogP contribution is 2.26. The van der Waals surface area contributed by atoms with Crippen LogP contribution in [-0.4, -0.2) is 26.3 Å². The van der Waals surface area contributed by atoms with Crippen LogP contribution in [0.2, 0.25) is 0 Å². The molecule has 3 aromatic heterocycles. The maximum atomic E-state index is 12.8. The zero-order valence-corrected chi connectivity index (χ0v) is 18.3. The number of hydrogen-bond acceptors (Lipinski definition) is 6. The molecule has 0 amide bonds. The number of aryl methyl sites for hydroxylation is 1. The Morgan fingerprint density at radius 1 is 1.17 bits per heavy atom. The first-order valence-electron chi connectivity index (χ1n) is 8.96. The largest absolute Gasteiger partial charge is 0.467 e. The average Bonchev–Trinajstić information content (AvgIpc) is 3.45. The van der Waals surface area contributed by atoms with Crippen molar-refractivity contribution in [3.8, 4) is 11.5 Å². The van der Waals surface area contributed by atoms with Gasteiger partial charge in [0.1, 0.15) is 5.76 Å². The molecule has 0 aliphatic carbocycles. The van der Waals surface area contributed by atoms with Gasteiger partial charge in [-0.25, -0.2) is 0 Å². The number of carbonyl (C=O) groups excluding carboxylic acids is 1. The van der Waals surface area contributed by atoms with Gasteiger partial charge < -0.3 is 13.4 Å². The third-order valence-electron chi connectivity index (χ3n) is 4.59. The van der Waals surface area contributed by atoms with E-state index in [1.807, 2.05) is 56.3 Å². The van der Waals surface area contributed by atoms with Crippen LogP contribution in [0.4, 0.5) is 0 Å². The van der Waals surface area contributed by atoms with Gasteiger partial charge in [0, 0.05) is 27.0 Å². The van der Waals surface area contributed by atoms with Gasteiger partial charge in [-0.15, -0.1) is 10.2 Å². The van der Waals surface area contributed by atoms with Crippen molar-refractivity contribution >= 4 is 33.5 Å². The molecule has 6 nitrogen and oxygen atoms in total. The molecule has 0 radical (unpaired) electrons. The maximum Gasteiger partial charge on any atom is 0.277 e. The summed E-state index contributed by atoms with van der Waals surface area (Å²) in [7, 11) is 0. The number of Topliss-reactive ketones (excluding diaryl/α,β-unsaturated/α-hetero) is 1. The van der Waals surface area contributed by atoms with Crippen molar-refractivity contribution in [2.45, 2.75) is 25.6 Å². The molecule has 4 aromatic rings. The smallest absolute Gasteiger partial charge is 0.277 e. The lowest BCUT2D eigenvalue weighted by atomic mass is 10.2. The molecule has 0 N–H and O–H groups in total. The quantitative estimate of drug-likeness (QED) is 0.260. The standard InChI is InChI=1S/C21H18BrN3O3S/c1-13-10-18(14(2)25(13)11-17-4-3-9-27-17)19(26)12-29-21-24-23-20(28-21)15-5-7-16(22)8-6-15/h3-10H,11-12H2,1-2H3. The molecule has 0 fully saturated rings. The third-order valence-corrected chi connectivity index (χ3v) is 5.94. The van der Waals surface area contributed by atoms with Gasteiger partial charge in [-0.2, -0.15) is 0 Å². The lowest BCUT2D eigenvalue weighted by molar-refractivity contribution is 0.102. The number of ketones is 1. The van der Waals surface area contributed by atoms with E-state index >= 15 is 0 Å². The molecule has 3 heterocycles. The second kappa shape index (κ2) is 8.42. The first kappa shape index (κ1) is 19.7. The monoisotopic (exact) mass is 471 g/mol. The molecule has 148 valence electrons. The van der Waals surface area contributed by atoms with Crippen molar-refractivity contribution in [3.05, 3.63) is 75.9 Å². The number of aromatic nitrogens is 3. The van der Waals surface area contributed by atoms with E-state index < -0.39 is 0 Å². The summed E-state index contributed by atoms with van der Waals surface area (Å²) in [5.74, 6) is 1.54. The Bertz CT molecular complexity index is 1130. The topological polar surface area (TPSA) is 74.1 Å². The number of nitrogens with zero attached hydrogens (tertiary/aromatic N) is 3. The van der Waals surface area contributed by atoms with Crippen molar-refractivity contribution in [1.29, 1.82) is 0 Å². The first-order chi connectivity index (χ1) is 14.0. The minimum Gasteiger partial charge on any atom is -0.467 e. The van der Waals surface area contributed by atoms with Crippen LogP contribution in [0.5, 0.6) is 0 Å². The molecule has 4 rings (SSSR count). The second-order valence-electron chi connectivity index (χ2n) is 6.54. The van der Waals surface area contributed by atoms with Gasteiger partial charge in [0.25, 0.3) is 5.22 Å². The molecule has 0 atom stereocenters. The third kappa shape index (κ3) is 4.38. The van der Waals surface area contributed by atoms with E-state index in [1.165, 1.54) is 11.8 Å². The number of halogens is 1. The number of furan rings is 1. The molecule has 0 spiro atoms. The lowest BCUT2D eigenvalue weighted by Crippen LogP contribution is -2.07. The zero-order valence-electron chi connectivity index (χ0n) is 15.9. The van der Waals surface area contributed by atoms with E-state index in [9.17, 15) is 4.79 Å². The van der Waals surface area contributed by atoms with Crippen LogP contribution in [0.1, 0.15) is 27.5 Å². The molecule has 1 aromatic carbocycles. The van der Waals surface area contributed by atoms with Crippen molar-refractivity contribution in [2.75, 3.05) is 5.75 Å². The van der Waals surface area contributed by atoms with Gasteiger partial charge >= 0.3 is 0 Å². The Morgan fingerprint density at radius 3 is 2.69 bits per heavy atom. The van der Waals surface area contributed by atoms with Crippen molar-refractivity contribution in [1.82, 2.24) is 14.8 Å². The van der Waals surface area contributed by atoms with Crippen LogP contribution in [-0.2, 0) is 6.54 Å². The summed E-state index contributed by atoms with van der Waals surface area (Å²) < 4.78 is 14.2. The van der Waals surface area contributed by atoms with Gasteiger partial charge in [0.05, 0.1) is 18.6 Å². The Labute approximate surface area is 180 Å². The van der Waals surface area contributed by atoms with E-state index in [0.717, 1.165) is 27.2 Å². The van der Waals surface area contributed by atoms with Crippen LogP contribution < -0.4 is 0 Å². The number of thioether (sulfide) groups is 1. The van der Waals surface area contributed by atoms with Gasteiger partial charge in [0.2, 0.25) is 5.89 Å². The maximum absolute atomic E-state index is 12.8. The average molecular weight is 472 g/mol. The summed E-state index contributed by atoms with van der Waals surface area (Å²) in [4.78, 5) is 12.8. The Hall–Kier alpha value is -2.58. The summed E-state index contributed by atoms with van der Waals surface area (Å²) in [5.41, 5.74) is 3.47. The summed E-state index contributed by atoms with van der Waals surface area (Å²) in [6.45, 7) is 4.54. The van der Waals surface area contributed by atoms with E-state index in [0.29, 0.717) is 23.2 Å². The summed E-state index contributed by atoms with van der Waals surface area (Å²) in [6, 6.07) is 13.3. The molecule has 0 aliphatic heterocycles. The highest BCUT2D eigenvalue weighted by Gasteiger charge is 2.18. The van der Waals surface area contributed by atoms with Crippen molar-refractivity contribution in [3.63, 3.8) is 0 Å². The predicted molar refractivity (Wildman–Crippen MR) is 114 cm³/mol. The lowest BCUT2D eigenvalue weighted by Gasteiger charge is -2.07. The van der Waals surface area contributed by atoms with Crippen LogP contribution in [0, 0.1) is 13.8 Å². The molecule has 0 bridgehead atoms. The van der Waals surface area contributed by atoms with Crippen LogP contribution in [0.15, 0.2) is 67.3 Å². The fraction of sp³-hybridized carbons (Fsp3) is 0.190. The molecule has 0 saturated carbocycles. The van der Waals surface area contributed by atoms with Crippen LogP contribution >= 0.6 is 27.7 Å². The summed E-state index contributed by atoms with van der Waals surface area (Å²) in [5, 5.41) is 8.48. The molecule has 0 unspecified atom stereocenters. The fourth-order valence-corrected chi connectivity index (χ4v) is 3.98. The number of rotatable bonds is 7. The molecule has 8 heteroatoms. The van der Waals surface area contributed by atoms with Gasteiger partial charge in [-0.05, 0) is 56.3 Å². The van der Waals surface area contributed by atoms with Crippen molar-refractivity contribution < 1.29 is 13.6 Å². The predicted octanol–water partition coefficient (Wildman–Crippen LogP) is 5.53. The Balaban J connectivity index is 1.43. The van der Waals surface area contributed by atoms with E-state index in [-0.39, 0.29) is 11.5 Å². The molecular weight excluding hydrogens is 454 g/mol. The van der Waals surface area contributed by atoms with Gasteiger partial charge in [-0.1, -0.05) is 27.7 Å². The Kier molecular flexibility index (Phi) is 5.73. The normalized spacial score (nSPS) is 11.1. The number of carbonyl (C=O) groups is 1.